The average molecular weight is 360 g/mol. The fourth-order valence-electron chi connectivity index (χ4n) is 2.67. The lowest BCUT2D eigenvalue weighted by molar-refractivity contribution is -0.133. The molecule has 0 aromatic heterocycles. The number of likely N-dealkylation sites (N-methyl/N-ethyl adjacent to an activating group) is 1. The number of allylic oxidation sites excluding steroid dienone is 1. The van der Waals surface area contributed by atoms with Gasteiger partial charge in [-0.25, -0.2) is 0 Å². The van der Waals surface area contributed by atoms with Crippen molar-refractivity contribution in [3.05, 3.63) is 46.5 Å². The number of aryl methyl sites for hydroxylation is 2. The molecule has 26 heavy (non-hydrogen) atoms. The number of carbonyl (C=O) groups is 2. The molecule has 2 amide bonds. The fraction of sp³-hybridized carbons (Fsp3) is 0.474. The predicted molar refractivity (Wildman–Crippen MR) is 103 cm³/mol. The van der Waals surface area contributed by atoms with Crippen LogP contribution in [0.25, 0.3) is 0 Å². The van der Waals surface area contributed by atoms with Gasteiger partial charge in [0.2, 0.25) is 11.8 Å². The second kappa shape index (κ2) is 10.1. The van der Waals surface area contributed by atoms with E-state index in [2.05, 4.69) is 5.32 Å². The summed E-state index contributed by atoms with van der Waals surface area (Å²) < 4.78 is 0. The number of rotatable bonds is 8. The quantitative estimate of drug-likeness (QED) is 0.479. The largest absolute Gasteiger partial charge is 0.475 e. The highest BCUT2D eigenvalue weighted by Gasteiger charge is 2.27. The number of nitrogens with zero attached hydrogens (tertiary/aromatic N) is 1. The van der Waals surface area contributed by atoms with E-state index in [0.717, 1.165) is 16.7 Å². The van der Waals surface area contributed by atoms with Crippen LogP contribution in [-0.2, 0) is 16.0 Å². The van der Waals surface area contributed by atoms with E-state index in [4.69, 9.17) is 0 Å². The van der Waals surface area contributed by atoms with E-state index in [1.807, 2.05) is 32.0 Å². The topological polar surface area (TPSA) is 89.9 Å². The van der Waals surface area contributed by atoms with Crippen LogP contribution in [0.2, 0.25) is 0 Å². The molecule has 0 radical (unpaired) electrons. The van der Waals surface area contributed by atoms with Gasteiger partial charge >= 0.3 is 7.12 Å². The van der Waals surface area contributed by atoms with Crippen LogP contribution < -0.4 is 5.32 Å². The standard InChI is InChI=1S/C19H29BN2O4/c1-6-14(4)19(24)22(7-2)12-18(23)21-17(20(25)26)11-16-9-8-13(3)10-15(16)5/h6,8-10,17,25-26H,7,11-12H2,1-5H3,(H,21,23)/b14-6-. The van der Waals surface area contributed by atoms with E-state index in [1.54, 1.807) is 26.8 Å². The van der Waals surface area contributed by atoms with Crippen molar-refractivity contribution in [3.8, 4) is 0 Å². The van der Waals surface area contributed by atoms with Crippen molar-refractivity contribution in [1.82, 2.24) is 10.2 Å². The maximum atomic E-state index is 12.3. The molecular weight excluding hydrogens is 331 g/mol. The Morgan fingerprint density at radius 2 is 1.96 bits per heavy atom. The van der Waals surface area contributed by atoms with Gasteiger partial charge in [0, 0.05) is 12.1 Å². The molecule has 0 saturated heterocycles. The van der Waals surface area contributed by atoms with E-state index < -0.39 is 19.0 Å². The Morgan fingerprint density at radius 1 is 1.31 bits per heavy atom. The van der Waals surface area contributed by atoms with Crippen molar-refractivity contribution in [1.29, 1.82) is 0 Å². The summed E-state index contributed by atoms with van der Waals surface area (Å²) in [5, 5.41) is 21.9. The van der Waals surface area contributed by atoms with Crippen LogP contribution in [0.1, 0.15) is 37.5 Å². The summed E-state index contributed by atoms with van der Waals surface area (Å²) in [6, 6.07) is 5.88. The Hall–Kier alpha value is -2.12. The summed E-state index contributed by atoms with van der Waals surface area (Å²) in [5.41, 5.74) is 3.64. The third-order valence-electron chi connectivity index (χ3n) is 4.42. The first-order valence-corrected chi connectivity index (χ1v) is 8.83. The zero-order valence-electron chi connectivity index (χ0n) is 16.2. The van der Waals surface area contributed by atoms with Gasteiger partial charge in [0.05, 0.1) is 12.5 Å². The Bertz CT molecular complexity index is 674. The number of hydrogen-bond acceptors (Lipinski definition) is 4. The second-order valence-electron chi connectivity index (χ2n) is 6.51. The Labute approximate surface area is 156 Å². The van der Waals surface area contributed by atoms with Gasteiger partial charge < -0.3 is 20.3 Å². The molecule has 6 nitrogen and oxygen atoms in total. The van der Waals surface area contributed by atoms with Crippen molar-refractivity contribution in [3.63, 3.8) is 0 Å². The lowest BCUT2D eigenvalue weighted by Gasteiger charge is -2.24. The van der Waals surface area contributed by atoms with Crippen molar-refractivity contribution >= 4 is 18.9 Å². The van der Waals surface area contributed by atoms with Crippen LogP contribution in [0.3, 0.4) is 0 Å². The summed E-state index contributed by atoms with van der Waals surface area (Å²) in [6.45, 7) is 9.45. The van der Waals surface area contributed by atoms with Gasteiger partial charge in [-0.3, -0.25) is 9.59 Å². The Kier molecular flexibility index (Phi) is 8.55. The zero-order valence-corrected chi connectivity index (χ0v) is 16.2. The molecule has 0 aliphatic heterocycles. The van der Waals surface area contributed by atoms with E-state index in [9.17, 15) is 19.6 Å². The number of carbonyl (C=O) groups excluding carboxylic acids is 2. The molecule has 0 fully saturated rings. The molecular formula is C19H29BN2O4. The van der Waals surface area contributed by atoms with Gasteiger partial charge in [0.1, 0.15) is 0 Å². The summed E-state index contributed by atoms with van der Waals surface area (Å²) in [7, 11) is -1.69. The van der Waals surface area contributed by atoms with Gasteiger partial charge in [-0.2, -0.15) is 0 Å². The van der Waals surface area contributed by atoms with Crippen molar-refractivity contribution < 1.29 is 19.6 Å². The lowest BCUT2D eigenvalue weighted by Crippen LogP contribution is -2.51. The highest BCUT2D eigenvalue weighted by Crippen LogP contribution is 2.13. The first kappa shape index (κ1) is 21.9. The average Bonchev–Trinajstić information content (AvgIpc) is 2.59. The molecule has 0 saturated carbocycles. The maximum Gasteiger partial charge on any atom is 0.475 e. The minimum absolute atomic E-state index is 0.128. The van der Waals surface area contributed by atoms with Crippen LogP contribution in [0, 0.1) is 13.8 Å². The van der Waals surface area contributed by atoms with Gasteiger partial charge in [0.25, 0.3) is 0 Å². The van der Waals surface area contributed by atoms with Crippen LogP contribution in [-0.4, -0.2) is 52.9 Å². The Balaban J connectivity index is 2.80. The van der Waals surface area contributed by atoms with Crippen LogP contribution in [0.4, 0.5) is 0 Å². The zero-order chi connectivity index (χ0) is 19.9. The molecule has 1 unspecified atom stereocenters. The third kappa shape index (κ3) is 6.31. The molecule has 0 bridgehead atoms. The summed E-state index contributed by atoms with van der Waals surface area (Å²) >= 11 is 0. The predicted octanol–water partition coefficient (Wildman–Crippen LogP) is 1.16. The van der Waals surface area contributed by atoms with E-state index in [-0.39, 0.29) is 12.5 Å². The van der Waals surface area contributed by atoms with E-state index in [0.29, 0.717) is 18.5 Å². The highest BCUT2D eigenvalue weighted by molar-refractivity contribution is 6.43. The van der Waals surface area contributed by atoms with Gasteiger partial charge in [-0.05, 0) is 52.2 Å². The number of hydrogen-bond donors (Lipinski definition) is 3. The third-order valence-corrected chi connectivity index (χ3v) is 4.42. The first-order chi connectivity index (χ1) is 12.2. The van der Waals surface area contributed by atoms with Crippen LogP contribution in [0.5, 0.6) is 0 Å². The second-order valence-corrected chi connectivity index (χ2v) is 6.51. The molecule has 142 valence electrons. The molecule has 1 aromatic rings. The SMILES string of the molecule is C/C=C(/C)C(=O)N(CC)CC(=O)NC(Cc1ccc(C)cc1C)B(O)O. The van der Waals surface area contributed by atoms with Crippen LogP contribution >= 0.6 is 0 Å². The van der Waals surface area contributed by atoms with Gasteiger partial charge in [0.15, 0.2) is 0 Å². The van der Waals surface area contributed by atoms with E-state index in [1.165, 1.54) is 4.90 Å². The maximum absolute atomic E-state index is 12.3. The minimum atomic E-state index is -1.69. The van der Waals surface area contributed by atoms with Gasteiger partial charge in [-0.15, -0.1) is 0 Å². The molecule has 1 atom stereocenters. The van der Waals surface area contributed by atoms with Crippen molar-refractivity contribution in [2.75, 3.05) is 13.1 Å². The summed E-state index contributed by atoms with van der Waals surface area (Å²) in [4.78, 5) is 26.0. The highest BCUT2D eigenvalue weighted by atomic mass is 16.4. The van der Waals surface area contributed by atoms with E-state index >= 15 is 0 Å². The number of benzene rings is 1. The molecule has 0 spiro atoms. The van der Waals surface area contributed by atoms with Crippen molar-refractivity contribution in [2.24, 2.45) is 0 Å². The lowest BCUT2D eigenvalue weighted by atomic mass is 9.75. The molecule has 0 aliphatic rings. The number of nitrogens with one attached hydrogen (secondary N) is 1. The number of amides is 2. The smallest absolute Gasteiger partial charge is 0.426 e. The summed E-state index contributed by atoms with van der Waals surface area (Å²) in [6.07, 6.45) is 1.99. The molecule has 3 N–H and O–H groups in total. The monoisotopic (exact) mass is 360 g/mol. The fourth-order valence-corrected chi connectivity index (χ4v) is 2.67. The van der Waals surface area contributed by atoms with Crippen LogP contribution in [0.15, 0.2) is 29.8 Å². The Morgan fingerprint density at radius 3 is 2.46 bits per heavy atom. The van der Waals surface area contributed by atoms with Gasteiger partial charge in [-0.1, -0.05) is 29.8 Å². The normalized spacial score (nSPS) is 12.5. The molecule has 1 rings (SSSR count). The molecule has 1 aromatic carbocycles. The molecule has 0 aliphatic carbocycles. The molecule has 0 heterocycles. The summed E-state index contributed by atoms with van der Waals surface area (Å²) in [5.74, 6) is -1.48. The minimum Gasteiger partial charge on any atom is -0.426 e. The van der Waals surface area contributed by atoms with Crippen molar-refractivity contribution in [2.45, 2.75) is 47.0 Å². The molecule has 7 heteroatoms. The first-order valence-electron chi connectivity index (χ1n) is 8.83.